The molecule has 0 saturated heterocycles. The highest BCUT2D eigenvalue weighted by atomic mass is 16.5. The van der Waals surface area contributed by atoms with Crippen molar-refractivity contribution < 1.29 is 4.74 Å². The summed E-state index contributed by atoms with van der Waals surface area (Å²) in [5.41, 5.74) is 9.62. The Labute approximate surface area is 115 Å². The Morgan fingerprint density at radius 2 is 1.89 bits per heavy atom. The molecule has 2 heteroatoms. The monoisotopic (exact) mass is 255 g/mol. The van der Waals surface area contributed by atoms with E-state index in [1.807, 2.05) is 24.3 Å². The summed E-state index contributed by atoms with van der Waals surface area (Å²) < 4.78 is 5.92. The van der Waals surface area contributed by atoms with Crippen molar-refractivity contribution in [3.63, 3.8) is 0 Å². The van der Waals surface area contributed by atoms with Gasteiger partial charge in [-0.25, -0.2) is 0 Å². The van der Waals surface area contributed by atoms with Crippen LogP contribution < -0.4 is 10.5 Å². The maximum Gasteiger partial charge on any atom is 0.124 e. The summed E-state index contributed by atoms with van der Waals surface area (Å²) in [6.45, 7) is 4.75. The largest absolute Gasteiger partial charge is 0.489 e. The Hall–Kier alpha value is -1.80. The average molecular weight is 255 g/mol. The quantitative estimate of drug-likeness (QED) is 0.877. The van der Waals surface area contributed by atoms with Crippen LogP contribution in [0.15, 0.2) is 48.5 Å². The highest BCUT2D eigenvalue weighted by Crippen LogP contribution is 2.26. The van der Waals surface area contributed by atoms with Crippen molar-refractivity contribution in [1.82, 2.24) is 0 Å². The molecule has 19 heavy (non-hydrogen) atoms. The van der Waals surface area contributed by atoms with Crippen LogP contribution in [-0.4, -0.2) is 0 Å². The van der Waals surface area contributed by atoms with Crippen LogP contribution in [0.2, 0.25) is 0 Å². The molecule has 1 unspecified atom stereocenters. The van der Waals surface area contributed by atoms with Crippen LogP contribution in [0.5, 0.6) is 5.75 Å². The average Bonchev–Trinajstić information content (AvgIpc) is 2.45. The normalized spacial score (nSPS) is 12.2. The molecule has 0 radical (unpaired) electrons. The third-order valence-corrected chi connectivity index (χ3v) is 3.24. The number of rotatable bonds is 5. The highest BCUT2D eigenvalue weighted by Gasteiger charge is 2.09. The Kier molecular flexibility index (Phi) is 4.58. The predicted molar refractivity (Wildman–Crippen MR) is 79.2 cm³/mol. The van der Waals surface area contributed by atoms with Gasteiger partial charge in [0.2, 0.25) is 0 Å². The zero-order valence-electron chi connectivity index (χ0n) is 11.6. The molecule has 0 heterocycles. The maximum atomic E-state index is 6.11. The topological polar surface area (TPSA) is 35.2 Å². The van der Waals surface area contributed by atoms with Crippen molar-refractivity contribution in [3.05, 3.63) is 65.2 Å². The van der Waals surface area contributed by atoms with E-state index in [0.717, 1.165) is 17.7 Å². The number of nitrogens with two attached hydrogens (primary N) is 1. The van der Waals surface area contributed by atoms with Crippen molar-refractivity contribution >= 4 is 0 Å². The van der Waals surface area contributed by atoms with Crippen LogP contribution in [0.25, 0.3) is 0 Å². The molecule has 0 aliphatic carbocycles. The molecular weight excluding hydrogens is 234 g/mol. The van der Waals surface area contributed by atoms with Gasteiger partial charge in [-0.2, -0.15) is 0 Å². The smallest absolute Gasteiger partial charge is 0.124 e. The molecular formula is C17H21NO. The standard InChI is InChI=1S/C17H21NO/c1-3-16(18)15-9-4-5-10-17(15)19-12-14-8-6-7-13(2)11-14/h4-11,16H,3,12,18H2,1-2H3. The first-order valence-corrected chi connectivity index (χ1v) is 6.73. The van der Waals surface area contributed by atoms with E-state index in [2.05, 4.69) is 38.1 Å². The van der Waals surface area contributed by atoms with E-state index in [0.29, 0.717) is 6.61 Å². The SMILES string of the molecule is CCC(N)c1ccccc1OCc1cccc(C)c1. The van der Waals surface area contributed by atoms with E-state index in [4.69, 9.17) is 10.5 Å². The van der Waals surface area contributed by atoms with Crippen LogP contribution >= 0.6 is 0 Å². The minimum absolute atomic E-state index is 0.0358. The fourth-order valence-electron chi connectivity index (χ4n) is 2.10. The van der Waals surface area contributed by atoms with E-state index >= 15 is 0 Å². The van der Waals surface area contributed by atoms with Gasteiger partial charge in [0, 0.05) is 11.6 Å². The van der Waals surface area contributed by atoms with Gasteiger partial charge in [0.1, 0.15) is 12.4 Å². The first-order chi connectivity index (χ1) is 9.20. The van der Waals surface area contributed by atoms with E-state index in [1.165, 1.54) is 11.1 Å². The van der Waals surface area contributed by atoms with Gasteiger partial charge in [-0.05, 0) is 25.0 Å². The van der Waals surface area contributed by atoms with Crippen LogP contribution in [-0.2, 0) is 6.61 Å². The first kappa shape index (κ1) is 13.6. The van der Waals surface area contributed by atoms with E-state index in [-0.39, 0.29) is 6.04 Å². The fourth-order valence-corrected chi connectivity index (χ4v) is 2.10. The number of aryl methyl sites for hydroxylation is 1. The first-order valence-electron chi connectivity index (χ1n) is 6.73. The lowest BCUT2D eigenvalue weighted by molar-refractivity contribution is 0.300. The van der Waals surface area contributed by atoms with Gasteiger partial charge in [0.05, 0.1) is 0 Å². The number of para-hydroxylation sites is 1. The van der Waals surface area contributed by atoms with Gasteiger partial charge in [-0.1, -0.05) is 55.0 Å². The molecule has 0 aliphatic heterocycles. The Bertz CT molecular complexity index is 536. The van der Waals surface area contributed by atoms with E-state index in [9.17, 15) is 0 Å². The van der Waals surface area contributed by atoms with Gasteiger partial charge < -0.3 is 10.5 Å². The highest BCUT2D eigenvalue weighted by molar-refractivity contribution is 5.36. The Morgan fingerprint density at radius 3 is 2.63 bits per heavy atom. The minimum Gasteiger partial charge on any atom is -0.489 e. The molecule has 2 aromatic rings. The predicted octanol–water partition coefficient (Wildman–Crippen LogP) is 3.98. The van der Waals surface area contributed by atoms with Crippen LogP contribution in [0, 0.1) is 6.92 Å². The van der Waals surface area contributed by atoms with E-state index < -0.39 is 0 Å². The van der Waals surface area contributed by atoms with Crippen molar-refractivity contribution in [1.29, 1.82) is 0 Å². The van der Waals surface area contributed by atoms with Crippen molar-refractivity contribution in [2.24, 2.45) is 5.73 Å². The van der Waals surface area contributed by atoms with Gasteiger partial charge in [0.15, 0.2) is 0 Å². The summed E-state index contributed by atoms with van der Waals surface area (Å²) >= 11 is 0. The summed E-state index contributed by atoms with van der Waals surface area (Å²) in [4.78, 5) is 0. The molecule has 1 atom stereocenters. The van der Waals surface area contributed by atoms with Gasteiger partial charge >= 0.3 is 0 Å². The zero-order chi connectivity index (χ0) is 13.7. The summed E-state index contributed by atoms with van der Waals surface area (Å²) in [5, 5.41) is 0. The molecule has 0 aliphatic rings. The molecule has 0 aromatic heterocycles. The van der Waals surface area contributed by atoms with Gasteiger partial charge in [-0.3, -0.25) is 0 Å². The third kappa shape index (κ3) is 3.58. The summed E-state index contributed by atoms with van der Waals surface area (Å²) in [5.74, 6) is 0.887. The molecule has 100 valence electrons. The second-order valence-electron chi connectivity index (χ2n) is 4.83. The number of benzene rings is 2. The molecule has 2 aromatic carbocycles. The second kappa shape index (κ2) is 6.39. The van der Waals surface area contributed by atoms with Crippen molar-refractivity contribution in [3.8, 4) is 5.75 Å². The molecule has 0 saturated carbocycles. The van der Waals surface area contributed by atoms with Crippen LogP contribution in [0.4, 0.5) is 0 Å². The number of hydrogen-bond acceptors (Lipinski definition) is 2. The summed E-state index contributed by atoms with van der Waals surface area (Å²) in [7, 11) is 0. The number of hydrogen-bond donors (Lipinski definition) is 1. The van der Waals surface area contributed by atoms with Gasteiger partial charge in [-0.15, -0.1) is 0 Å². The van der Waals surface area contributed by atoms with E-state index in [1.54, 1.807) is 0 Å². The molecule has 0 amide bonds. The lowest BCUT2D eigenvalue weighted by Crippen LogP contribution is -2.10. The van der Waals surface area contributed by atoms with Crippen LogP contribution in [0.1, 0.15) is 36.1 Å². The lowest BCUT2D eigenvalue weighted by atomic mass is 10.0. The second-order valence-corrected chi connectivity index (χ2v) is 4.83. The summed E-state index contributed by atoms with van der Waals surface area (Å²) in [6.07, 6.45) is 0.908. The fraction of sp³-hybridized carbons (Fsp3) is 0.294. The molecule has 0 fully saturated rings. The summed E-state index contributed by atoms with van der Waals surface area (Å²) in [6, 6.07) is 16.4. The van der Waals surface area contributed by atoms with Crippen LogP contribution in [0.3, 0.4) is 0 Å². The Balaban J connectivity index is 2.11. The Morgan fingerprint density at radius 1 is 1.11 bits per heavy atom. The molecule has 2 nitrogen and oxygen atoms in total. The third-order valence-electron chi connectivity index (χ3n) is 3.24. The van der Waals surface area contributed by atoms with Crippen molar-refractivity contribution in [2.45, 2.75) is 32.9 Å². The zero-order valence-corrected chi connectivity index (χ0v) is 11.6. The molecule has 2 rings (SSSR count). The minimum atomic E-state index is 0.0358. The van der Waals surface area contributed by atoms with Gasteiger partial charge in [0.25, 0.3) is 0 Å². The lowest BCUT2D eigenvalue weighted by Gasteiger charge is -2.15. The number of ether oxygens (including phenoxy) is 1. The maximum absolute atomic E-state index is 6.11. The molecule has 0 bridgehead atoms. The molecule has 0 spiro atoms. The van der Waals surface area contributed by atoms with Crippen molar-refractivity contribution in [2.75, 3.05) is 0 Å². The molecule has 2 N–H and O–H groups in total.